The predicted octanol–water partition coefficient (Wildman–Crippen LogP) is 6.38. The van der Waals surface area contributed by atoms with E-state index in [2.05, 4.69) is 88.7 Å². The Balaban J connectivity index is 1.34. The number of piperidine rings is 1. The van der Waals surface area contributed by atoms with Gasteiger partial charge in [0, 0.05) is 17.9 Å². The van der Waals surface area contributed by atoms with Crippen molar-refractivity contribution >= 4 is 11.4 Å². The van der Waals surface area contributed by atoms with Crippen LogP contribution in [0.5, 0.6) is 5.75 Å². The van der Waals surface area contributed by atoms with Crippen LogP contribution in [0.3, 0.4) is 0 Å². The molecule has 160 valence electrons. The molecule has 31 heavy (non-hydrogen) atoms. The molecule has 2 heterocycles. The Morgan fingerprint density at radius 1 is 0.774 bits per heavy atom. The number of rotatable bonds is 6. The molecular formula is C28H32N2O. The molecule has 0 amide bonds. The van der Waals surface area contributed by atoms with Crippen molar-refractivity contribution < 1.29 is 4.74 Å². The molecule has 1 fully saturated rings. The maximum absolute atomic E-state index is 6.07. The van der Waals surface area contributed by atoms with Crippen LogP contribution in [0.2, 0.25) is 0 Å². The van der Waals surface area contributed by atoms with E-state index in [1.54, 1.807) is 0 Å². The van der Waals surface area contributed by atoms with Crippen LogP contribution in [0.1, 0.15) is 42.9 Å². The third kappa shape index (κ3) is 4.62. The summed E-state index contributed by atoms with van der Waals surface area (Å²) in [6.07, 6.45) is 6.27. The molecule has 5 rings (SSSR count). The Bertz CT molecular complexity index is 964. The summed E-state index contributed by atoms with van der Waals surface area (Å²) >= 11 is 0. The molecule has 0 N–H and O–H groups in total. The number of likely N-dealkylation sites (tertiary alicyclic amines) is 1. The van der Waals surface area contributed by atoms with Gasteiger partial charge in [-0.05, 0) is 80.2 Å². The summed E-state index contributed by atoms with van der Waals surface area (Å²) in [4.78, 5) is 5.03. The lowest BCUT2D eigenvalue weighted by atomic mass is 9.90. The largest absolute Gasteiger partial charge is 0.492 e. The maximum Gasteiger partial charge on any atom is 0.119 e. The molecular weight excluding hydrogens is 380 g/mol. The average molecular weight is 413 g/mol. The smallest absolute Gasteiger partial charge is 0.119 e. The molecule has 0 aromatic heterocycles. The van der Waals surface area contributed by atoms with E-state index in [1.165, 1.54) is 54.9 Å². The van der Waals surface area contributed by atoms with Gasteiger partial charge in [0.05, 0.1) is 6.04 Å². The first-order chi connectivity index (χ1) is 15.4. The van der Waals surface area contributed by atoms with Crippen LogP contribution in [0.25, 0.3) is 0 Å². The van der Waals surface area contributed by atoms with E-state index in [-0.39, 0.29) is 0 Å². The summed E-state index contributed by atoms with van der Waals surface area (Å²) < 4.78 is 6.07. The van der Waals surface area contributed by atoms with Crippen molar-refractivity contribution in [1.29, 1.82) is 0 Å². The van der Waals surface area contributed by atoms with Gasteiger partial charge in [-0.3, -0.25) is 4.90 Å². The number of para-hydroxylation sites is 1. The van der Waals surface area contributed by atoms with E-state index in [0.717, 1.165) is 31.7 Å². The number of anilines is 2. The number of benzene rings is 3. The lowest BCUT2D eigenvalue weighted by molar-refractivity contribution is 0.183. The molecule has 1 atom stereocenters. The first-order valence-corrected chi connectivity index (χ1v) is 11.8. The lowest BCUT2D eigenvalue weighted by Gasteiger charge is -2.39. The first kappa shape index (κ1) is 20.1. The number of nitrogens with zero attached hydrogens (tertiary/aromatic N) is 2. The Morgan fingerprint density at radius 2 is 1.52 bits per heavy atom. The van der Waals surface area contributed by atoms with Gasteiger partial charge >= 0.3 is 0 Å². The van der Waals surface area contributed by atoms with Crippen molar-refractivity contribution in [1.82, 2.24) is 4.90 Å². The SMILES string of the molecule is c1ccc(C2CCc3ccccc3N2c2ccc(OCCN3CCCCC3)cc2)cc1. The van der Waals surface area contributed by atoms with Gasteiger partial charge in [0.15, 0.2) is 0 Å². The van der Waals surface area contributed by atoms with Gasteiger partial charge < -0.3 is 9.64 Å². The highest BCUT2D eigenvalue weighted by molar-refractivity contribution is 5.70. The standard InChI is InChI=1S/C28H32N2O/c1-3-9-23(10-4-1)28-18-13-24-11-5-6-12-27(24)30(28)25-14-16-26(17-15-25)31-22-21-29-19-7-2-8-20-29/h1,3-6,9-12,14-17,28H,2,7-8,13,18-22H2. The highest BCUT2D eigenvalue weighted by Gasteiger charge is 2.28. The molecule has 3 aromatic rings. The van der Waals surface area contributed by atoms with Crippen molar-refractivity contribution in [3.05, 3.63) is 90.0 Å². The van der Waals surface area contributed by atoms with Crippen LogP contribution in [-0.4, -0.2) is 31.1 Å². The van der Waals surface area contributed by atoms with Gasteiger partial charge in [0.25, 0.3) is 0 Å². The molecule has 3 heteroatoms. The average Bonchev–Trinajstić information content (AvgIpc) is 2.85. The van der Waals surface area contributed by atoms with Crippen LogP contribution in [0.15, 0.2) is 78.9 Å². The Hall–Kier alpha value is -2.78. The zero-order valence-electron chi connectivity index (χ0n) is 18.2. The quantitative estimate of drug-likeness (QED) is 0.467. The van der Waals surface area contributed by atoms with E-state index < -0.39 is 0 Å². The number of fused-ring (bicyclic) bond motifs is 1. The van der Waals surface area contributed by atoms with Crippen LogP contribution in [0, 0.1) is 0 Å². The van der Waals surface area contributed by atoms with E-state index >= 15 is 0 Å². The van der Waals surface area contributed by atoms with Crippen molar-refractivity contribution in [3.8, 4) is 5.75 Å². The third-order valence-electron chi connectivity index (χ3n) is 6.67. The highest BCUT2D eigenvalue weighted by Crippen LogP contribution is 2.43. The van der Waals surface area contributed by atoms with Gasteiger partial charge in [-0.2, -0.15) is 0 Å². The number of aryl methyl sites for hydroxylation is 1. The third-order valence-corrected chi connectivity index (χ3v) is 6.67. The molecule has 0 radical (unpaired) electrons. The molecule has 3 aromatic carbocycles. The lowest BCUT2D eigenvalue weighted by Crippen LogP contribution is -2.33. The minimum absolute atomic E-state index is 0.349. The summed E-state index contributed by atoms with van der Waals surface area (Å²) in [5.74, 6) is 0.960. The second-order valence-electron chi connectivity index (χ2n) is 8.71. The van der Waals surface area contributed by atoms with E-state index in [4.69, 9.17) is 4.74 Å². The summed E-state index contributed by atoms with van der Waals surface area (Å²) in [5.41, 5.74) is 5.35. The molecule has 3 nitrogen and oxygen atoms in total. The number of hydrogen-bond acceptors (Lipinski definition) is 3. The Labute approximate surface area is 186 Å². The Morgan fingerprint density at radius 3 is 2.32 bits per heavy atom. The van der Waals surface area contributed by atoms with Crippen molar-refractivity contribution in [2.75, 3.05) is 31.1 Å². The zero-order chi connectivity index (χ0) is 20.9. The molecule has 1 unspecified atom stereocenters. The monoisotopic (exact) mass is 412 g/mol. The molecule has 2 aliphatic heterocycles. The molecule has 0 bridgehead atoms. The fraction of sp³-hybridized carbons (Fsp3) is 0.357. The van der Waals surface area contributed by atoms with Crippen molar-refractivity contribution in [3.63, 3.8) is 0 Å². The second kappa shape index (κ2) is 9.57. The predicted molar refractivity (Wildman–Crippen MR) is 128 cm³/mol. The fourth-order valence-electron chi connectivity index (χ4n) is 5.03. The summed E-state index contributed by atoms with van der Waals surface area (Å²) in [6.45, 7) is 4.23. The number of ether oxygens (including phenoxy) is 1. The van der Waals surface area contributed by atoms with E-state index in [1.807, 2.05) is 0 Å². The summed E-state index contributed by atoms with van der Waals surface area (Å²) in [6, 6.07) is 28.8. The van der Waals surface area contributed by atoms with Crippen molar-refractivity contribution in [2.24, 2.45) is 0 Å². The van der Waals surface area contributed by atoms with Crippen molar-refractivity contribution in [2.45, 2.75) is 38.1 Å². The first-order valence-electron chi connectivity index (χ1n) is 11.8. The van der Waals surface area contributed by atoms with Crippen LogP contribution in [0.4, 0.5) is 11.4 Å². The minimum atomic E-state index is 0.349. The van der Waals surface area contributed by atoms with Crippen LogP contribution in [-0.2, 0) is 6.42 Å². The van der Waals surface area contributed by atoms with E-state index in [0.29, 0.717) is 6.04 Å². The zero-order valence-corrected chi connectivity index (χ0v) is 18.2. The van der Waals surface area contributed by atoms with Crippen LogP contribution >= 0.6 is 0 Å². The summed E-state index contributed by atoms with van der Waals surface area (Å²) in [7, 11) is 0. The Kier molecular flexibility index (Phi) is 6.22. The van der Waals surface area contributed by atoms with Gasteiger partial charge in [0.1, 0.15) is 12.4 Å². The molecule has 1 saturated heterocycles. The molecule has 0 aliphatic carbocycles. The van der Waals surface area contributed by atoms with Gasteiger partial charge in [-0.1, -0.05) is 55.0 Å². The topological polar surface area (TPSA) is 15.7 Å². The second-order valence-corrected chi connectivity index (χ2v) is 8.71. The fourth-order valence-corrected chi connectivity index (χ4v) is 5.03. The van der Waals surface area contributed by atoms with Gasteiger partial charge in [-0.25, -0.2) is 0 Å². The molecule has 0 spiro atoms. The molecule has 0 saturated carbocycles. The maximum atomic E-state index is 6.07. The van der Waals surface area contributed by atoms with E-state index in [9.17, 15) is 0 Å². The van der Waals surface area contributed by atoms with Gasteiger partial charge in [-0.15, -0.1) is 0 Å². The summed E-state index contributed by atoms with van der Waals surface area (Å²) in [5, 5.41) is 0. The minimum Gasteiger partial charge on any atom is -0.492 e. The highest BCUT2D eigenvalue weighted by atomic mass is 16.5. The molecule has 2 aliphatic rings. The normalized spacial score (nSPS) is 19.1. The van der Waals surface area contributed by atoms with Gasteiger partial charge in [0.2, 0.25) is 0 Å². The number of hydrogen-bond donors (Lipinski definition) is 0. The van der Waals surface area contributed by atoms with Crippen LogP contribution < -0.4 is 9.64 Å².